The maximum Gasteiger partial charge on any atom is 0.149 e. The molecule has 0 fully saturated rings. The Labute approximate surface area is 92.1 Å². The fourth-order valence-electron chi connectivity index (χ4n) is 1.72. The molecule has 1 aromatic carbocycles. The maximum atomic E-state index is 13.5. The fourth-order valence-corrected chi connectivity index (χ4v) is 1.72. The molecule has 0 amide bonds. The van der Waals surface area contributed by atoms with Crippen LogP contribution in [0.15, 0.2) is 18.2 Å². The molecule has 16 heavy (non-hydrogen) atoms. The van der Waals surface area contributed by atoms with Crippen LogP contribution in [0.25, 0.3) is 10.9 Å². The van der Waals surface area contributed by atoms with Gasteiger partial charge in [0, 0.05) is 5.39 Å². The van der Waals surface area contributed by atoms with Gasteiger partial charge in [0.2, 0.25) is 0 Å². The number of rotatable bonds is 2. The van der Waals surface area contributed by atoms with E-state index in [0.717, 1.165) is 24.1 Å². The molecular formula is C12H12F2N2. The van der Waals surface area contributed by atoms with Crippen molar-refractivity contribution in [1.29, 1.82) is 0 Å². The second-order valence-electron chi connectivity index (χ2n) is 3.71. The lowest BCUT2D eigenvalue weighted by molar-refractivity contribution is 0.615. The van der Waals surface area contributed by atoms with Crippen molar-refractivity contribution in [1.82, 2.24) is 4.98 Å². The Morgan fingerprint density at radius 3 is 2.62 bits per heavy atom. The van der Waals surface area contributed by atoms with E-state index < -0.39 is 11.6 Å². The van der Waals surface area contributed by atoms with E-state index in [0.29, 0.717) is 6.42 Å². The largest absolute Gasteiger partial charge is 0.383 e. The van der Waals surface area contributed by atoms with Crippen LogP contribution in [0.1, 0.15) is 18.9 Å². The third kappa shape index (κ3) is 1.71. The summed E-state index contributed by atoms with van der Waals surface area (Å²) in [7, 11) is 0. The van der Waals surface area contributed by atoms with Gasteiger partial charge < -0.3 is 5.73 Å². The number of anilines is 1. The zero-order valence-electron chi connectivity index (χ0n) is 8.93. The van der Waals surface area contributed by atoms with E-state index in [4.69, 9.17) is 5.73 Å². The Hall–Kier alpha value is -1.71. The summed E-state index contributed by atoms with van der Waals surface area (Å²) in [4.78, 5) is 3.92. The molecule has 0 aliphatic carbocycles. The number of halogens is 2. The molecule has 0 aliphatic heterocycles. The van der Waals surface area contributed by atoms with Crippen molar-refractivity contribution < 1.29 is 8.78 Å². The molecule has 2 N–H and O–H groups in total. The summed E-state index contributed by atoms with van der Waals surface area (Å²) in [5.74, 6) is -0.744. The van der Waals surface area contributed by atoms with Crippen LogP contribution in [0.4, 0.5) is 14.6 Å². The van der Waals surface area contributed by atoms with E-state index >= 15 is 0 Å². The Morgan fingerprint density at radius 2 is 1.94 bits per heavy atom. The Kier molecular flexibility index (Phi) is 2.73. The van der Waals surface area contributed by atoms with Crippen molar-refractivity contribution in [2.75, 3.05) is 5.73 Å². The Morgan fingerprint density at radius 1 is 1.25 bits per heavy atom. The number of nitrogens with zero attached hydrogens (tertiary/aromatic N) is 1. The molecule has 0 spiro atoms. The molecule has 0 bridgehead atoms. The Balaban J connectivity index is 2.73. The fraction of sp³-hybridized carbons (Fsp3) is 0.250. The minimum atomic E-state index is -0.550. The SMILES string of the molecule is CCCc1cc2c(F)ccc(F)c2nc1N. The predicted octanol–water partition coefficient (Wildman–Crippen LogP) is 3.05. The number of nitrogen functional groups attached to an aromatic ring is 1. The van der Waals surface area contributed by atoms with Crippen LogP contribution in [-0.4, -0.2) is 4.98 Å². The van der Waals surface area contributed by atoms with Gasteiger partial charge in [-0.05, 0) is 30.2 Å². The van der Waals surface area contributed by atoms with E-state index in [2.05, 4.69) is 4.98 Å². The molecule has 0 atom stereocenters. The highest BCUT2D eigenvalue weighted by atomic mass is 19.1. The number of aryl methyl sites for hydroxylation is 1. The normalized spacial score (nSPS) is 10.9. The van der Waals surface area contributed by atoms with E-state index in [1.807, 2.05) is 6.92 Å². The average molecular weight is 222 g/mol. The summed E-state index contributed by atoms with van der Waals surface area (Å²) >= 11 is 0. The van der Waals surface area contributed by atoms with Gasteiger partial charge in [0.25, 0.3) is 0 Å². The molecule has 0 radical (unpaired) electrons. The van der Waals surface area contributed by atoms with E-state index in [1.54, 1.807) is 6.07 Å². The van der Waals surface area contributed by atoms with Crippen molar-refractivity contribution in [3.05, 3.63) is 35.4 Å². The van der Waals surface area contributed by atoms with Crippen LogP contribution in [0.3, 0.4) is 0 Å². The summed E-state index contributed by atoms with van der Waals surface area (Å²) < 4.78 is 26.8. The molecule has 0 saturated carbocycles. The van der Waals surface area contributed by atoms with Crippen LogP contribution < -0.4 is 5.73 Å². The number of aromatic nitrogens is 1. The number of pyridine rings is 1. The topological polar surface area (TPSA) is 38.9 Å². The highest BCUT2D eigenvalue weighted by molar-refractivity contribution is 5.82. The van der Waals surface area contributed by atoms with Gasteiger partial charge in [0.1, 0.15) is 23.0 Å². The van der Waals surface area contributed by atoms with E-state index in [9.17, 15) is 8.78 Å². The molecule has 0 saturated heterocycles. The molecule has 4 heteroatoms. The van der Waals surface area contributed by atoms with Gasteiger partial charge in [0.15, 0.2) is 0 Å². The van der Waals surface area contributed by atoms with Gasteiger partial charge in [-0.15, -0.1) is 0 Å². The smallest absolute Gasteiger partial charge is 0.149 e. The summed E-state index contributed by atoms with van der Waals surface area (Å²) in [6.45, 7) is 1.99. The number of fused-ring (bicyclic) bond motifs is 1. The lowest BCUT2D eigenvalue weighted by Crippen LogP contribution is -2.00. The number of nitrogens with two attached hydrogens (primary N) is 1. The molecular weight excluding hydrogens is 210 g/mol. The highest BCUT2D eigenvalue weighted by Gasteiger charge is 2.10. The van der Waals surface area contributed by atoms with Crippen LogP contribution in [-0.2, 0) is 6.42 Å². The van der Waals surface area contributed by atoms with Crippen molar-refractivity contribution in [3.63, 3.8) is 0 Å². The average Bonchev–Trinajstić information content (AvgIpc) is 2.26. The maximum absolute atomic E-state index is 13.5. The first kappa shape index (κ1) is 10.8. The van der Waals surface area contributed by atoms with Crippen LogP contribution in [0.5, 0.6) is 0 Å². The van der Waals surface area contributed by atoms with Crippen LogP contribution >= 0.6 is 0 Å². The summed E-state index contributed by atoms with van der Waals surface area (Å²) in [5, 5.41) is 0.192. The van der Waals surface area contributed by atoms with Crippen molar-refractivity contribution >= 4 is 16.7 Å². The van der Waals surface area contributed by atoms with Gasteiger partial charge >= 0.3 is 0 Å². The third-order valence-corrected chi connectivity index (χ3v) is 2.51. The van der Waals surface area contributed by atoms with E-state index in [-0.39, 0.29) is 16.7 Å². The van der Waals surface area contributed by atoms with Gasteiger partial charge in [-0.25, -0.2) is 13.8 Å². The quantitative estimate of drug-likeness (QED) is 0.848. The molecule has 2 aromatic rings. The Bertz CT molecular complexity index is 538. The van der Waals surface area contributed by atoms with Gasteiger partial charge in [0.05, 0.1) is 0 Å². The first-order valence-corrected chi connectivity index (χ1v) is 5.16. The lowest BCUT2D eigenvalue weighted by Gasteiger charge is -2.07. The first-order chi connectivity index (χ1) is 7.63. The van der Waals surface area contributed by atoms with Crippen LogP contribution in [0, 0.1) is 11.6 Å². The minimum absolute atomic E-state index is 0.00245. The first-order valence-electron chi connectivity index (χ1n) is 5.16. The minimum Gasteiger partial charge on any atom is -0.383 e. The van der Waals surface area contributed by atoms with Crippen molar-refractivity contribution in [2.24, 2.45) is 0 Å². The van der Waals surface area contributed by atoms with E-state index in [1.165, 1.54) is 0 Å². The zero-order chi connectivity index (χ0) is 11.7. The van der Waals surface area contributed by atoms with Gasteiger partial charge in [-0.3, -0.25) is 0 Å². The van der Waals surface area contributed by atoms with Crippen LogP contribution in [0.2, 0.25) is 0 Å². The number of hydrogen-bond donors (Lipinski definition) is 1. The summed E-state index contributed by atoms with van der Waals surface area (Å²) in [6.07, 6.45) is 1.60. The molecule has 2 rings (SSSR count). The summed E-state index contributed by atoms with van der Waals surface area (Å²) in [6, 6.07) is 3.74. The molecule has 84 valence electrons. The van der Waals surface area contributed by atoms with Crippen molar-refractivity contribution in [3.8, 4) is 0 Å². The van der Waals surface area contributed by atoms with Crippen molar-refractivity contribution in [2.45, 2.75) is 19.8 Å². The van der Waals surface area contributed by atoms with Gasteiger partial charge in [-0.2, -0.15) is 0 Å². The summed E-state index contributed by atoms with van der Waals surface area (Å²) in [5.41, 5.74) is 6.45. The predicted molar refractivity (Wildman–Crippen MR) is 60.1 cm³/mol. The molecule has 1 heterocycles. The number of benzene rings is 1. The molecule has 0 aliphatic rings. The zero-order valence-corrected chi connectivity index (χ0v) is 8.93. The standard InChI is InChI=1S/C12H12F2N2/c1-2-3-7-6-8-9(13)4-5-10(14)11(8)16-12(7)15/h4-6H,2-3H2,1H3,(H2,15,16). The monoisotopic (exact) mass is 222 g/mol. The second kappa shape index (κ2) is 4.04. The highest BCUT2D eigenvalue weighted by Crippen LogP contribution is 2.24. The number of hydrogen-bond acceptors (Lipinski definition) is 2. The molecule has 1 aromatic heterocycles. The molecule has 2 nitrogen and oxygen atoms in total. The lowest BCUT2D eigenvalue weighted by atomic mass is 10.1. The second-order valence-corrected chi connectivity index (χ2v) is 3.71. The van der Waals surface area contributed by atoms with Gasteiger partial charge in [-0.1, -0.05) is 13.3 Å². The molecule has 0 unspecified atom stereocenters. The third-order valence-electron chi connectivity index (χ3n) is 2.51.